The molecule has 0 aromatic heterocycles. The van der Waals surface area contributed by atoms with Crippen LogP contribution in [0.3, 0.4) is 0 Å². The third-order valence-corrected chi connectivity index (χ3v) is 3.58. The molecule has 3 N–H and O–H groups in total. The number of carbonyl (C=O) groups excluding carboxylic acids is 2. The van der Waals surface area contributed by atoms with Crippen LogP contribution in [0.15, 0.2) is 48.2 Å². The second-order valence-corrected chi connectivity index (χ2v) is 5.37. The Labute approximate surface area is 140 Å². The maximum absolute atomic E-state index is 13.4. The van der Waals surface area contributed by atoms with E-state index in [1.807, 2.05) is 0 Å². The van der Waals surface area contributed by atoms with E-state index in [1.54, 1.807) is 12.1 Å². The lowest BCUT2D eigenvalue weighted by molar-refractivity contribution is -0.137. The van der Waals surface area contributed by atoms with Crippen molar-refractivity contribution >= 4 is 17.5 Å². The standard InChI is InChI=1S/C17H12F2N2O4/c18-12-5-10(6-13(19)16(12)24)20-14-7-15(23)21(17(14)25)8-9-1-3-11(22)4-2-9/h1-7,20,22,24H,8H2. The minimum Gasteiger partial charge on any atom is -0.508 e. The van der Waals surface area contributed by atoms with Crippen LogP contribution >= 0.6 is 0 Å². The molecule has 25 heavy (non-hydrogen) atoms. The summed E-state index contributed by atoms with van der Waals surface area (Å²) < 4.78 is 26.7. The molecule has 0 saturated carbocycles. The highest BCUT2D eigenvalue weighted by molar-refractivity contribution is 6.17. The fourth-order valence-electron chi connectivity index (χ4n) is 2.33. The molecule has 2 aromatic carbocycles. The van der Waals surface area contributed by atoms with E-state index in [1.165, 1.54) is 12.1 Å². The minimum atomic E-state index is -1.19. The molecule has 128 valence electrons. The molecule has 2 aromatic rings. The number of halogens is 2. The van der Waals surface area contributed by atoms with E-state index in [2.05, 4.69) is 5.32 Å². The molecule has 3 rings (SSSR count). The average Bonchev–Trinajstić information content (AvgIpc) is 2.82. The van der Waals surface area contributed by atoms with Crippen LogP contribution < -0.4 is 5.32 Å². The first-order valence-electron chi connectivity index (χ1n) is 7.15. The molecule has 1 aliphatic heterocycles. The summed E-state index contributed by atoms with van der Waals surface area (Å²) in [6.45, 7) is -0.0159. The predicted molar refractivity (Wildman–Crippen MR) is 83.4 cm³/mol. The lowest BCUT2D eigenvalue weighted by Crippen LogP contribution is -2.31. The van der Waals surface area contributed by atoms with Crippen LogP contribution in [-0.2, 0) is 16.1 Å². The predicted octanol–water partition coefficient (Wildman–Crippen LogP) is 2.24. The van der Waals surface area contributed by atoms with Gasteiger partial charge >= 0.3 is 0 Å². The zero-order chi connectivity index (χ0) is 18.1. The zero-order valence-corrected chi connectivity index (χ0v) is 12.7. The van der Waals surface area contributed by atoms with E-state index in [9.17, 15) is 23.5 Å². The summed E-state index contributed by atoms with van der Waals surface area (Å²) in [5.41, 5.74) is 0.357. The first-order valence-corrected chi connectivity index (χ1v) is 7.15. The van der Waals surface area contributed by atoms with E-state index in [-0.39, 0.29) is 23.7 Å². The third kappa shape index (κ3) is 3.27. The number of hydrogen-bond acceptors (Lipinski definition) is 5. The van der Waals surface area contributed by atoms with Crippen molar-refractivity contribution < 1.29 is 28.6 Å². The van der Waals surface area contributed by atoms with Gasteiger partial charge in [0, 0.05) is 23.9 Å². The Morgan fingerprint density at radius 2 is 1.60 bits per heavy atom. The van der Waals surface area contributed by atoms with Crippen molar-refractivity contribution in [3.05, 3.63) is 65.4 Å². The molecule has 0 aliphatic carbocycles. The first kappa shape index (κ1) is 16.4. The monoisotopic (exact) mass is 346 g/mol. The van der Waals surface area contributed by atoms with Crippen molar-refractivity contribution in [2.75, 3.05) is 5.32 Å². The molecule has 0 unspecified atom stereocenters. The molecule has 2 amide bonds. The zero-order valence-electron chi connectivity index (χ0n) is 12.7. The van der Waals surface area contributed by atoms with Gasteiger partial charge in [-0.1, -0.05) is 12.1 Å². The number of phenols is 2. The third-order valence-electron chi connectivity index (χ3n) is 3.58. The van der Waals surface area contributed by atoms with Gasteiger partial charge in [-0.25, -0.2) is 8.78 Å². The van der Waals surface area contributed by atoms with Gasteiger partial charge in [-0.05, 0) is 17.7 Å². The Morgan fingerprint density at radius 3 is 2.20 bits per heavy atom. The smallest absolute Gasteiger partial charge is 0.277 e. The molecule has 0 bridgehead atoms. The van der Waals surface area contributed by atoms with E-state index >= 15 is 0 Å². The van der Waals surface area contributed by atoms with E-state index in [0.717, 1.165) is 23.1 Å². The van der Waals surface area contributed by atoms with E-state index in [4.69, 9.17) is 5.11 Å². The first-order chi connectivity index (χ1) is 11.8. The average molecular weight is 346 g/mol. The van der Waals surface area contributed by atoms with Gasteiger partial charge in [0.1, 0.15) is 11.4 Å². The van der Waals surface area contributed by atoms with Crippen LogP contribution in [-0.4, -0.2) is 26.9 Å². The summed E-state index contributed by atoms with van der Waals surface area (Å²) >= 11 is 0. The largest absolute Gasteiger partial charge is 0.508 e. The fourth-order valence-corrected chi connectivity index (χ4v) is 2.33. The Kier molecular flexibility index (Phi) is 4.10. The second kappa shape index (κ2) is 6.23. The second-order valence-electron chi connectivity index (χ2n) is 5.37. The molecule has 0 spiro atoms. The summed E-state index contributed by atoms with van der Waals surface area (Å²) in [5, 5.41) is 20.8. The van der Waals surface area contributed by atoms with Crippen molar-refractivity contribution in [1.29, 1.82) is 0 Å². The van der Waals surface area contributed by atoms with Gasteiger partial charge in [-0.15, -0.1) is 0 Å². The molecule has 0 atom stereocenters. The number of hydrogen-bond donors (Lipinski definition) is 3. The Morgan fingerprint density at radius 1 is 1.00 bits per heavy atom. The van der Waals surface area contributed by atoms with Crippen molar-refractivity contribution in [2.24, 2.45) is 0 Å². The number of nitrogens with zero attached hydrogens (tertiary/aromatic N) is 1. The number of carbonyl (C=O) groups is 2. The molecule has 0 fully saturated rings. The Bertz CT molecular complexity index is 871. The van der Waals surface area contributed by atoms with Gasteiger partial charge in [-0.3, -0.25) is 14.5 Å². The molecule has 1 heterocycles. The highest BCUT2D eigenvalue weighted by Crippen LogP contribution is 2.26. The number of rotatable bonds is 4. The lowest BCUT2D eigenvalue weighted by Gasteiger charge is -2.15. The number of anilines is 1. The van der Waals surface area contributed by atoms with Gasteiger partial charge < -0.3 is 15.5 Å². The summed E-state index contributed by atoms with van der Waals surface area (Å²) in [6, 6.07) is 7.58. The van der Waals surface area contributed by atoms with Crippen LogP contribution in [0.5, 0.6) is 11.5 Å². The van der Waals surface area contributed by atoms with Gasteiger partial charge in [0.15, 0.2) is 17.4 Å². The van der Waals surface area contributed by atoms with Crippen molar-refractivity contribution in [3.8, 4) is 11.5 Å². The summed E-state index contributed by atoms with van der Waals surface area (Å²) in [7, 11) is 0. The van der Waals surface area contributed by atoms with Crippen molar-refractivity contribution in [1.82, 2.24) is 4.90 Å². The van der Waals surface area contributed by atoms with Crippen LogP contribution in [0.1, 0.15) is 5.56 Å². The highest BCUT2D eigenvalue weighted by atomic mass is 19.1. The minimum absolute atomic E-state index is 0.0159. The van der Waals surface area contributed by atoms with Crippen LogP contribution in [0.25, 0.3) is 0 Å². The molecule has 6 nitrogen and oxygen atoms in total. The van der Waals surface area contributed by atoms with Crippen LogP contribution in [0, 0.1) is 11.6 Å². The summed E-state index contributed by atoms with van der Waals surface area (Å²) in [4.78, 5) is 25.3. The summed E-state index contributed by atoms with van der Waals surface area (Å²) in [6.07, 6.45) is 1.02. The SMILES string of the molecule is O=C1C=C(Nc2cc(F)c(O)c(F)c2)C(=O)N1Cc1ccc(O)cc1. The van der Waals surface area contributed by atoms with Gasteiger partial charge in [0.25, 0.3) is 11.8 Å². The number of aromatic hydroxyl groups is 2. The topological polar surface area (TPSA) is 89.9 Å². The maximum Gasteiger partial charge on any atom is 0.277 e. The van der Waals surface area contributed by atoms with E-state index < -0.39 is 29.2 Å². The molecule has 0 radical (unpaired) electrons. The normalized spacial score (nSPS) is 14.0. The van der Waals surface area contributed by atoms with Crippen LogP contribution in [0.4, 0.5) is 14.5 Å². The number of nitrogens with one attached hydrogen (secondary N) is 1. The molecule has 0 saturated heterocycles. The lowest BCUT2D eigenvalue weighted by atomic mass is 10.2. The van der Waals surface area contributed by atoms with Gasteiger partial charge in [-0.2, -0.15) is 0 Å². The number of amides is 2. The number of imide groups is 1. The quantitative estimate of drug-likeness (QED) is 0.584. The van der Waals surface area contributed by atoms with Crippen molar-refractivity contribution in [3.63, 3.8) is 0 Å². The van der Waals surface area contributed by atoms with Crippen molar-refractivity contribution in [2.45, 2.75) is 6.54 Å². The highest BCUT2D eigenvalue weighted by Gasteiger charge is 2.31. The Balaban J connectivity index is 1.76. The number of benzene rings is 2. The molecule has 1 aliphatic rings. The van der Waals surface area contributed by atoms with E-state index in [0.29, 0.717) is 5.56 Å². The summed E-state index contributed by atoms with van der Waals surface area (Å²) in [5.74, 6) is -4.70. The molecule has 8 heteroatoms. The van der Waals surface area contributed by atoms with Crippen LogP contribution in [0.2, 0.25) is 0 Å². The molecular weight excluding hydrogens is 334 g/mol. The molecular formula is C17H12F2N2O4. The maximum atomic E-state index is 13.4. The fraction of sp³-hybridized carbons (Fsp3) is 0.0588. The Hall–Kier alpha value is -3.42. The van der Waals surface area contributed by atoms with Gasteiger partial charge in [0.2, 0.25) is 0 Å². The number of phenolic OH excluding ortho intramolecular Hbond substituents is 2. The van der Waals surface area contributed by atoms with Gasteiger partial charge in [0.05, 0.1) is 6.54 Å².